The number of alkyl halides is 3. The minimum Gasteiger partial charge on any atom is -0.347 e. The van der Waals surface area contributed by atoms with E-state index in [9.17, 15) is 18.0 Å². The first-order valence-electron chi connectivity index (χ1n) is 12.8. The van der Waals surface area contributed by atoms with Crippen molar-refractivity contribution >= 4 is 16.8 Å². The number of hydrogen-bond acceptors (Lipinski definition) is 2. The lowest BCUT2D eigenvalue weighted by molar-refractivity contribution is -0.137. The standard InChI is InChI=1S/C30H30F3N3O/c1-2-27(35-28(37)22-8-4-3-5-9-22)29(36-18-6-7-19-36)15-12-21(13-16-29)24-14-17-34-26-11-10-23(20-25(24)26)30(31,32)33/h3-11,14,17-21,27H,2,12-13,15-16H2,1H3,(H,35,37). The maximum absolute atomic E-state index is 13.4. The number of benzene rings is 2. The van der Waals surface area contributed by atoms with Crippen LogP contribution >= 0.6 is 0 Å². The maximum Gasteiger partial charge on any atom is 0.416 e. The van der Waals surface area contributed by atoms with E-state index in [1.54, 1.807) is 6.20 Å². The lowest BCUT2D eigenvalue weighted by Crippen LogP contribution is -2.55. The maximum atomic E-state index is 13.4. The molecule has 1 N–H and O–H groups in total. The summed E-state index contributed by atoms with van der Waals surface area (Å²) in [6.07, 6.45) is 5.33. The molecule has 1 amide bonds. The van der Waals surface area contributed by atoms with Crippen LogP contribution in [0.25, 0.3) is 10.9 Å². The summed E-state index contributed by atoms with van der Waals surface area (Å²) in [7, 11) is 0. The van der Waals surface area contributed by atoms with Gasteiger partial charge in [-0.3, -0.25) is 9.78 Å². The van der Waals surface area contributed by atoms with Crippen molar-refractivity contribution in [2.45, 2.75) is 62.7 Å². The quantitative estimate of drug-likeness (QED) is 0.299. The Hall–Kier alpha value is -3.61. The molecule has 1 aliphatic rings. The molecule has 1 unspecified atom stereocenters. The van der Waals surface area contributed by atoms with Crippen LogP contribution in [0.1, 0.15) is 66.4 Å². The van der Waals surface area contributed by atoms with E-state index in [0.29, 0.717) is 16.5 Å². The van der Waals surface area contributed by atoms with Crippen LogP contribution in [0.2, 0.25) is 0 Å². The number of hydrogen-bond donors (Lipinski definition) is 1. The number of aromatic nitrogens is 2. The van der Waals surface area contributed by atoms with Crippen LogP contribution in [-0.2, 0) is 11.7 Å². The summed E-state index contributed by atoms with van der Waals surface area (Å²) in [6, 6.07) is 18.8. The van der Waals surface area contributed by atoms with Crippen LogP contribution in [0.5, 0.6) is 0 Å². The smallest absolute Gasteiger partial charge is 0.347 e. The minimum absolute atomic E-state index is 0.0964. The van der Waals surface area contributed by atoms with E-state index >= 15 is 0 Å². The summed E-state index contributed by atoms with van der Waals surface area (Å²) < 4.78 is 42.6. The van der Waals surface area contributed by atoms with E-state index in [4.69, 9.17) is 0 Å². The summed E-state index contributed by atoms with van der Waals surface area (Å²) in [5.41, 5.74) is 1.15. The highest BCUT2D eigenvalue weighted by Crippen LogP contribution is 2.46. The Balaban J connectivity index is 1.44. The van der Waals surface area contributed by atoms with Gasteiger partial charge in [-0.2, -0.15) is 13.2 Å². The van der Waals surface area contributed by atoms with E-state index in [2.05, 4.69) is 34.2 Å². The largest absolute Gasteiger partial charge is 0.416 e. The van der Waals surface area contributed by atoms with E-state index in [0.717, 1.165) is 43.7 Å². The third kappa shape index (κ3) is 4.87. The van der Waals surface area contributed by atoms with Gasteiger partial charge in [0, 0.05) is 29.5 Å². The Kier molecular flexibility index (Phi) is 6.80. The second-order valence-electron chi connectivity index (χ2n) is 9.90. The number of nitrogens with one attached hydrogen (secondary N) is 1. The van der Waals surface area contributed by atoms with Gasteiger partial charge in [-0.25, -0.2) is 0 Å². The van der Waals surface area contributed by atoms with E-state index in [-0.39, 0.29) is 23.4 Å². The zero-order chi connectivity index (χ0) is 26.0. The van der Waals surface area contributed by atoms with Crippen molar-refractivity contribution < 1.29 is 18.0 Å². The highest BCUT2D eigenvalue weighted by molar-refractivity contribution is 5.94. The third-order valence-electron chi connectivity index (χ3n) is 7.91. The average Bonchev–Trinajstić information content (AvgIpc) is 3.47. The molecule has 0 spiro atoms. The van der Waals surface area contributed by atoms with Gasteiger partial charge in [-0.1, -0.05) is 25.1 Å². The fourth-order valence-corrected chi connectivity index (χ4v) is 5.99. The van der Waals surface area contributed by atoms with Gasteiger partial charge in [0.2, 0.25) is 0 Å². The minimum atomic E-state index is -4.40. The molecule has 37 heavy (non-hydrogen) atoms. The summed E-state index contributed by atoms with van der Waals surface area (Å²) in [5, 5.41) is 3.86. The van der Waals surface area contributed by atoms with Crippen LogP contribution < -0.4 is 5.32 Å². The molecular weight excluding hydrogens is 475 g/mol. The normalized spacial score (nSPS) is 21.0. The molecular formula is C30H30F3N3O. The van der Waals surface area contributed by atoms with Crippen molar-refractivity contribution in [3.05, 3.63) is 102 Å². The fraction of sp³-hybridized carbons (Fsp3) is 0.333. The topological polar surface area (TPSA) is 46.9 Å². The second kappa shape index (κ2) is 10.0. The molecule has 2 aromatic heterocycles. The molecule has 1 saturated carbocycles. The van der Waals surface area contributed by atoms with Gasteiger partial charge < -0.3 is 9.88 Å². The summed E-state index contributed by atoms with van der Waals surface area (Å²) in [4.78, 5) is 17.4. The predicted octanol–water partition coefficient (Wildman–Crippen LogP) is 7.32. The summed E-state index contributed by atoms with van der Waals surface area (Å²) >= 11 is 0. The van der Waals surface area contributed by atoms with Gasteiger partial charge in [0.05, 0.1) is 22.7 Å². The molecule has 1 aliphatic carbocycles. The molecule has 192 valence electrons. The molecule has 0 radical (unpaired) electrons. The van der Waals surface area contributed by atoms with Crippen molar-refractivity contribution in [1.82, 2.24) is 14.9 Å². The molecule has 2 heterocycles. The number of carbonyl (C=O) groups excluding carboxylic acids is 1. The van der Waals surface area contributed by atoms with E-state index in [1.807, 2.05) is 48.5 Å². The average molecular weight is 506 g/mol. The van der Waals surface area contributed by atoms with Gasteiger partial charge in [0.1, 0.15) is 0 Å². The van der Waals surface area contributed by atoms with Crippen molar-refractivity contribution in [1.29, 1.82) is 0 Å². The van der Waals surface area contributed by atoms with Crippen LogP contribution in [0.3, 0.4) is 0 Å². The first kappa shape index (κ1) is 25.1. The highest BCUT2D eigenvalue weighted by atomic mass is 19.4. The summed E-state index contributed by atoms with van der Waals surface area (Å²) in [6.45, 7) is 2.09. The number of rotatable bonds is 6. The van der Waals surface area contributed by atoms with Crippen molar-refractivity contribution in [3.8, 4) is 0 Å². The van der Waals surface area contributed by atoms with Crippen molar-refractivity contribution in [2.75, 3.05) is 0 Å². The molecule has 1 fully saturated rings. The number of nitrogens with zero attached hydrogens (tertiary/aromatic N) is 2. The SMILES string of the molecule is CCC(NC(=O)c1ccccc1)C1(n2cccc2)CCC(c2ccnc3ccc(C(F)(F)F)cc23)CC1. The Bertz CT molecular complexity index is 1360. The predicted molar refractivity (Wildman–Crippen MR) is 138 cm³/mol. The molecule has 2 aromatic carbocycles. The monoisotopic (exact) mass is 505 g/mol. The van der Waals surface area contributed by atoms with Crippen LogP contribution in [-0.4, -0.2) is 21.5 Å². The van der Waals surface area contributed by atoms with Crippen molar-refractivity contribution in [3.63, 3.8) is 0 Å². The lowest BCUT2D eigenvalue weighted by atomic mass is 9.69. The molecule has 0 bridgehead atoms. The van der Waals surface area contributed by atoms with Crippen LogP contribution in [0, 0.1) is 0 Å². The summed E-state index contributed by atoms with van der Waals surface area (Å²) in [5.74, 6) is 0.0147. The number of carbonyl (C=O) groups is 1. The molecule has 1 atom stereocenters. The van der Waals surface area contributed by atoms with Crippen LogP contribution in [0.4, 0.5) is 13.2 Å². The molecule has 0 saturated heterocycles. The Labute approximate surface area is 214 Å². The second-order valence-corrected chi connectivity index (χ2v) is 9.90. The van der Waals surface area contributed by atoms with Gasteiger partial charge >= 0.3 is 6.18 Å². The first-order valence-corrected chi connectivity index (χ1v) is 12.8. The number of pyridine rings is 1. The molecule has 5 rings (SSSR count). The Morgan fingerprint density at radius 3 is 2.41 bits per heavy atom. The Morgan fingerprint density at radius 2 is 1.76 bits per heavy atom. The van der Waals surface area contributed by atoms with Gasteiger partial charge in [0.25, 0.3) is 5.91 Å². The first-order chi connectivity index (χ1) is 17.8. The molecule has 4 aromatic rings. The fourth-order valence-electron chi connectivity index (χ4n) is 5.99. The van der Waals surface area contributed by atoms with Gasteiger partial charge in [-0.05, 0) is 92.1 Å². The van der Waals surface area contributed by atoms with Gasteiger partial charge in [0.15, 0.2) is 0 Å². The molecule has 4 nitrogen and oxygen atoms in total. The number of amides is 1. The van der Waals surface area contributed by atoms with Crippen molar-refractivity contribution in [2.24, 2.45) is 0 Å². The number of fused-ring (bicyclic) bond motifs is 1. The molecule has 7 heteroatoms. The lowest BCUT2D eigenvalue weighted by Gasteiger charge is -2.47. The van der Waals surface area contributed by atoms with E-state index < -0.39 is 11.7 Å². The van der Waals surface area contributed by atoms with Crippen LogP contribution in [0.15, 0.2) is 85.3 Å². The van der Waals surface area contributed by atoms with Gasteiger partial charge in [-0.15, -0.1) is 0 Å². The Morgan fingerprint density at radius 1 is 1.05 bits per heavy atom. The third-order valence-corrected chi connectivity index (χ3v) is 7.91. The highest BCUT2D eigenvalue weighted by Gasteiger charge is 2.43. The number of halogens is 3. The zero-order valence-electron chi connectivity index (χ0n) is 20.7. The molecule has 0 aliphatic heterocycles. The zero-order valence-corrected chi connectivity index (χ0v) is 20.7. The van der Waals surface area contributed by atoms with E-state index in [1.165, 1.54) is 12.1 Å².